The van der Waals surface area contributed by atoms with E-state index >= 15 is 0 Å². The molecule has 0 aliphatic heterocycles. The van der Waals surface area contributed by atoms with Crippen LogP contribution in [-0.4, -0.2) is 4.98 Å². The SMILES string of the molecule is Clc1coc(-c2ccccc2)n1. The van der Waals surface area contributed by atoms with Crippen molar-refractivity contribution in [1.29, 1.82) is 0 Å². The van der Waals surface area contributed by atoms with E-state index in [4.69, 9.17) is 16.0 Å². The zero-order valence-electron chi connectivity index (χ0n) is 6.20. The summed E-state index contributed by atoms with van der Waals surface area (Å²) in [4.78, 5) is 3.98. The second kappa shape index (κ2) is 2.99. The molecule has 0 radical (unpaired) electrons. The van der Waals surface area contributed by atoms with Crippen LogP contribution in [0, 0.1) is 0 Å². The van der Waals surface area contributed by atoms with Crippen LogP contribution in [0.15, 0.2) is 41.0 Å². The first-order valence-electron chi connectivity index (χ1n) is 3.53. The molecule has 0 spiro atoms. The van der Waals surface area contributed by atoms with Gasteiger partial charge in [-0.2, -0.15) is 4.98 Å². The lowest BCUT2D eigenvalue weighted by molar-refractivity contribution is 0.574. The lowest BCUT2D eigenvalue weighted by Crippen LogP contribution is -1.74. The molecule has 0 unspecified atom stereocenters. The molecule has 0 saturated carbocycles. The Morgan fingerprint density at radius 2 is 1.92 bits per heavy atom. The third kappa shape index (κ3) is 1.34. The van der Waals surface area contributed by atoms with Crippen LogP contribution < -0.4 is 0 Å². The van der Waals surface area contributed by atoms with Gasteiger partial charge in [0, 0.05) is 5.56 Å². The van der Waals surface area contributed by atoms with E-state index in [2.05, 4.69) is 4.98 Å². The number of hydrogen-bond acceptors (Lipinski definition) is 2. The van der Waals surface area contributed by atoms with Gasteiger partial charge in [-0.3, -0.25) is 0 Å². The van der Waals surface area contributed by atoms with E-state index < -0.39 is 0 Å². The third-order valence-corrected chi connectivity index (χ3v) is 1.67. The van der Waals surface area contributed by atoms with E-state index in [1.807, 2.05) is 30.3 Å². The van der Waals surface area contributed by atoms with Gasteiger partial charge in [0.05, 0.1) is 0 Å². The van der Waals surface area contributed by atoms with Crippen molar-refractivity contribution in [2.24, 2.45) is 0 Å². The van der Waals surface area contributed by atoms with Gasteiger partial charge < -0.3 is 4.42 Å². The van der Waals surface area contributed by atoms with Gasteiger partial charge in [-0.15, -0.1) is 0 Å². The maximum absolute atomic E-state index is 5.61. The van der Waals surface area contributed by atoms with E-state index in [1.54, 1.807) is 0 Å². The summed E-state index contributed by atoms with van der Waals surface area (Å²) in [5.41, 5.74) is 0.935. The predicted molar refractivity (Wildman–Crippen MR) is 46.9 cm³/mol. The number of rotatable bonds is 1. The number of oxazole rings is 1. The fourth-order valence-electron chi connectivity index (χ4n) is 0.967. The molecule has 2 nitrogen and oxygen atoms in total. The van der Waals surface area contributed by atoms with Crippen LogP contribution in [0.5, 0.6) is 0 Å². The number of aromatic nitrogens is 1. The molecule has 12 heavy (non-hydrogen) atoms. The Morgan fingerprint density at radius 3 is 2.50 bits per heavy atom. The van der Waals surface area contributed by atoms with Gasteiger partial charge in [0.1, 0.15) is 6.26 Å². The lowest BCUT2D eigenvalue weighted by Gasteiger charge is -1.91. The molecular formula is C9H6ClNO. The highest BCUT2D eigenvalue weighted by molar-refractivity contribution is 6.29. The monoisotopic (exact) mass is 179 g/mol. The zero-order valence-corrected chi connectivity index (χ0v) is 6.95. The molecule has 0 amide bonds. The van der Waals surface area contributed by atoms with Gasteiger partial charge in [0.25, 0.3) is 0 Å². The minimum atomic E-state index is 0.383. The van der Waals surface area contributed by atoms with Gasteiger partial charge in [-0.25, -0.2) is 0 Å². The number of benzene rings is 1. The Balaban J connectivity index is 2.45. The van der Waals surface area contributed by atoms with Crippen LogP contribution in [0.2, 0.25) is 5.15 Å². The van der Waals surface area contributed by atoms with Gasteiger partial charge in [-0.05, 0) is 12.1 Å². The molecule has 0 aliphatic rings. The molecule has 1 heterocycles. The zero-order chi connectivity index (χ0) is 8.39. The second-order valence-electron chi connectivity index (χ2n) is 2.34. The van der Waals surface area contributed by atoms with Crippen molar-refractivity contribution in [3.05, 3.63) is 41.7 Å². The van der Waals surface area contributed by atoms with Gasteiger partial charge >= 0.3 is 0 Å². The quantitative estimate of drug-likeness (QED) is 0.673. The highest BCUT2D eigenvalue weighted by atomic mass is 35.5. The Morgan fingerprint density at radius 1 is 1.17 bits per heavy atom. The molecule has 2 aromatic rings. The number of halogens is 1. The van der Waals surface area contributed by atoms with Crippen LogP contribution in [0.3, 0.4) is 0 Å². The Bertz CT molecular complexity index is 369. The van der Waals surface area contributed by atoms with Crippen molar-refractivity contribution in [3.8, 4) is 11.5 Å². The van der Waals surface area contributed by atoms with Gasteiger partial charge in [0.2, 0.25) is 5.89 Å². The summed E-state index contributed by atoms with van der Waals surface area (Å²) in [5, 5.41) is 0.383. The van der Waals surface area contributed by atoms with E-state index in [1.165, 1.54) is 6.26 Å². The highest BCUT2D eigenvalue weighted by Gasteiger charge is 2.02. The standard InChI is InChI=1S/C9H6ClNO/c10-8-6-12-9(11-8)7-4-2-1-3-5-7/h1-6H. The molecule has 0 N–H and O–H groups in total. The molecule has 1 aromatic heterocycles. The first kappa shape index (κ1) is 7.37. The van der Waals surface area contributed by atoms with E-state index in [0.717, 1.165) is 5.56 Å². The topological polar surface area (TPSA) is 26.0 Å². The summed E-state index contributed by atoms with van der Waals surface area (Å²) in [6.07, 6.45) is 1.42. The summed E-state index contributed by atoms with van der Waals surface area (Å²) >= 11 is 5.61. The molecule has 60 valence electrons. The fraction of sp³-hybridized carbons (Fsp3) is 0. The van der Waals surface area contributed by atoms with Crippen LogP contribution in [-0.2, 0) is 0 Å². The fourth-order valence-corrected chi connectivity index (χ4v) is 1.09. The molecule has 0 fully saturated rings. The summed E-state index contributed by atoms with van der Waals surface area (Å²) < 4.78 is 5.11. The van der Waals surface area contributed by atoms with Crippen LogP contribution in [0.1, 0.15) is 0 Å². The third-order valence-electron chi connectivity index (χ3n) is 1.50. The minimum Gasteiger partial charge on any atom is -0.443 e. The van der Waals surface area contributed by atoms with E-state index in [9.17, 15) is 0 Å². The lowest BCUT2D eigenvalue weighted by atomic mass is 10.2. The molecule has 0 bridgehead atoms. The normalized spacial score (nSPS) is 10.1. The van der Waals surface area contributed by atoms with Crippen molar-refractivity contribution in [1.82, 2.24) is 4.98 Å². The van der Waals surface area contributed by atoms with Crippen molar-refractivity contribution in [2.75, 3.05) is 0 Å². The highest BCUT2D eigenvalue weighted by Crippen LogP contribution is 2.19. The minimum absolute atomic E-state index is 0.383. The largest absolute Gasteiger partial charge is 0.443 e. The Hall–Kier alpha value is -1.28. The van der Waals surface area contributed by atoms with Crippen LogP contribution in [0.25, 0.3) is 11.5 Å². The maximum atomic E-state index is 5.61. The molecular weight excluding hydrogens is 174 g/mol. The molecule has 3 heteroatoms. The summed E-state index contributed by atoms with van der Waals surface area (Å²) in [6.45, 7) is 0. The average Bonchev–Trinajstić information content (AvgIpc) is 2.54. The van der Waals surface area contributed by atoms with Crippen molar-refractivity contribution in [2.45, 2.75) is 0 Å². The summed E-state index contributed by atoms with van der Waals surface area (Å²) in [7, 11) is 0. The molecule has 0 aliphatic carbocycles. The van der Waals surface area contributed by atoms with Gasteiger partial charge in [0.15, 0.2) is 5.15 Å². The predicted octanol–water partition coefficient (Wildman–Crippen LogP) is 3.00. The van der Waals surface area contributed by atoms with Crippen LogP contribution >= 0.6 is 11.6 Å². The summed E-state index contributed by atoms with van der Waals surface area (Å²) in [6, 6.07) is 9.62. The van der Waals surface area contributed by atoms with E-state index in [0.29, 0.717) is 11.0 Å². The molecule has 2 rings (SSSR count). The van der Waals surface area contributed by atoms with Crippen molar-refractivity contribution < 1.29 is 4.42 Å². The first-order chi connectivity index (χ1) is 5.86. The second-order valence-corrected chi connectivity index (χ2v) is 2.73. The van der Waals surface area contributed by atoms with Crippen molar-refractivity contribution >= 4 is 11.6 Å². The number of nitrogens with zero attached hydrogens (tertiary/aromatic N) is 1. The van der Waals surface area contributed by atoms with E-state index in [-0.39, 0.29) is 0 Å². The molecule has 0 atom stereocenters. The van der Waals surface area contributed by atoms with Crippen molar-refractivity contribution in [3.63, 3.8) is 0 Å². The maximum Gasteiger partial charge on any atom is 0.227 e. The molecule has 0 saturated heterocycles. The first-order valence-corrected chi connectivity index (χ1v) is 3.90. The Labute approximate surface area is 74.8 Å². The summed E-state index contributed by atoms with van der Waals surface area (Å²) in [5.74, 6) is 0.556. The number of hydrogen-bond donors (Lipinski definition) is 0. The molecule has 1 aromatic carbocycles. The Kier molecular flexibility index (Phi) is 1.84. The smallest absolute Gasteiger partial charge is 0.227 e. The van der Waals surface area contributed by atoms with Crippen LogP contribution in [0.4, 0.5) is 0 Å². The van der Waals surface area contributed by atoms with Gasteiger partial charge in [-0.1, -0.05) is 29.8 Å². The average molecular weight is 180 g/mol.